The van der Waals surface area contributed by atoms with Crippen molar-refractivity contribution >= 4 is 11.9 Å². The third kappa shape index (κ3) is 4.15. The van der Waals surface area contributed by atoms with E-state index in [2.05, 4.69) is 5.10 Å². The summed E-state index contributed by atoms with van der Waals surface area (Å²) in [6.07, 6.45) is 3.97. The summed E-state index contributed by atoms with van der Waals surface area (Å²) >= 11 is 0. The highest BCUT2D eigenvalue weighted by Crippen LogP contribution is 1.95. The van der Waals surface area contributed by atoms with Crippen LogP contribution >= 0.6 is 0 Å². The van der Waals surface area contributed by atoms with Crippen molar-refractivity contribution in [3.63, 3.8) is 0 Å². The zero-order valence-electron chi connectivity index (χ0n) is 9.24. The second-order valence-corrected chi connectivity index (χ2v) is 3.63. The third-order valence-electron chi connectivity index (χ3n) is 2.28. The SMILES string of the molecule is NC(=O)c1cc[n+](CCC[C@H](N)C(=O)O)nc1. The highest BCUT2D eigenvalue weighted by atomic mass is 16.4. The standard InChI is InChI=1S/C10H14N4O3/c11-8(10(16)17)2-1-4-14-5-3-7(6-13-14)9(12)15/h3,5-6,8H,1-2,4,11H2,(H2-,12,15,16,17)/p+1/t8-/m0/s1. The Bertz CT molecular complexity index is 405. The van der Waals surface area contributed by atoms with Crippen LogP contribution in [0.15, 0.2) is 18.5 Å². The summed E-state index contributed by atoms with van der Waals surface area (Å²) in [7, 11) is 0. The van der Waals surface area contributed by atoms with Crippen LogP contribution in [-0.2, 0) is 11.3 Å². The number of carbonyl (C=O) groups is 2. The van der Waals surface area contributed by atoms with E-state index in [9.17, 15) is 9.59 Å². The summed E-state index contributed by atoms with van der Waals surface area (Å²) in [5.41, 5.74) is 10.8. The van der Waals surface area contributed by atoms with Crippen LogP contribution in [0.2, 0.25) is 0 Å². The maximum Gasteiger partial charge on any atom is 0.320 e. The largest absolute Gasteiger partial charge is 0.480 e. The van der Waals surface area contributed by atoms with Gasteiger partial charge in [0.25, 0.3) is 5.91 Å². The fourth-order valence-electron chi connectivity index (χ4n) is 1.26. The van der Waals surface area contributed by atoms with Gasteiger partial charge in [-0.1, -0.05) is 4.68 Å². The Morgan fingerprint density at radius 3 is 2.71 bits per heavy atom. The van der Waals surface area contributed by atoms with Gasteiger partial charge in [0.1, 0.15) is 12.2 Å². The predicted molar refractivity (Wildman–Crippen MR) is 57.8 cm³/mol. The van der Waals surface area contributed by atoms with Crippen molar-refractivity contribution in [3.8, 4) is 0 Å². The van der Waals surface area contributed by atoms with E-state index in [1.807, 2.05) is 0 Å². The van der Waals surface area contributed by atoms with Crippen LogP contribution in [0.5, 0.6) is 0 Å². The highest BCUT2D eigenvalue weighted by molar-refractivity contribution is 5.92. The Balaban J connectivity index is 2.42. The molecule has 1 atom stereocenters. The lowest BCUT2D eigenvalue weighted by Gasteiger charge is -2.02. The van der Waals surface area contributed by atoms with Crippen molar-refractivity contribution in [2.75, 3.05) is 0 Å². The molecule has 7 heteroatoms. The van der Waals surface area contributed by atoms with E-state index in [0.717, 1.165) is 0 Å². The number of rotatable bonds is 6. The minimum absolute atomic E-state index is 0.337. The number of amides is 1. The molecule has 0 bridgehead atoms. The lowest BCUT2D eigenvalue weighted by molar-refractivity contribution is -0.754. The third-order valence-corrected chi connectivity index (χ3v) is 2.28. The van der Waals surface area contributed by atoms with Gasteiger partial charge < -0.3 is 16.6 Å². The number of hydrogen-bond acceptors (Lipinski definition) is 4. The van der Waals surface area contributed by atoms with Gasteiger partial charge in [-0.15, -0.1) is 0 Å². The normalized spacial score (nSPS) is 12.1. The number of primary amides is 1. The first-order valence-electron chi connectivity index (χ1n) is 5.14. The van der Waals surface area contributed by atoms with Gasteiger partial charge in [0.05, 0.1) is 5.56 Å². The Labute approximate surface area is 98.0 Å². The molecular formula is C10H15N4O3+. The van der Waals surface area contributed by atoms with E-state index in [4.69, 9.17) is 16.6 Å². The van der Waals surface area contributed by atoms with E-state index < -0.39 is 17.9 Å². The van der Waals surface area contributed by atoms with Crippen molar-refractivity contribution in [3.05, 3.63) is 24.0 Å². The molecule has 0 radical (unpaired) electrons. The maximum absolute atomic E-state index is 10.8. The molecule has 0 fully saturated rings. The maximum atomic E-state index is 10.8. The van der Waals surface area contributed by atoms with Crippen LogP contribution in [0.3, 0.4) is 0 Å². The number of aromatic nitrogens is 2. The average molecular weight is 239 g/mol. The molecule has 92 valence electrons. The van der Waals surface area contributed by atoms with Crippen LogP contribution < -0.4 is 16.1 Å². The molecule has 0 aliphatic heterocycles. The van der Waals surface area contributed by atoms with Gasteiger partial charge in [-0.3, -0.25) is 9.59 Å². The van der Waals surface area contributed by atoms with Gasteiger partial charge in [0.2, 0.25) is 0 Å². The molecule has 7 nitrogen and oxygen atoms in total. The molecule has 0 unspecified atom stereocenters. The average Bonchev–Trinajstić information content (AvgIpc) is 2.29. The molecular weight excluding hydrogens is 224 g/mol. The quantitative estimate of drug-likeness (QED) is 0.530. The van der Waals surface area contributed by atoms with Crippen molar-refractivity contribution in [2.45, 2.75) is 25.4 Å². The Morgan fingerprint density at radius 2 is 2.24 bits per heavy atom. The first-order valence-corrected chi connectivity index (χ1v) is 5.14. The van der Waals surface area contributed by atoms with Crippen LogP contribution in [0.1, 0.15) is 23.2 Å². The lowest BCUT2D eigenvalue weighted by atomic mass is 10.2. The Hall–Kier alpha value is -2.02. The van der Waals surface area contributed by atoms with Crippen molar-refractivity contribution in [1.29, 1.82) is 0 Å². The molecule has 1 heterocycles. The van der Waals surface area contributed by atoms with Crippen molar-refractivity contribution in [2.24, 2.45) is 11.5 Å². The molecule has 1 aromatic rings. The molecule has 17 heavy (non-hydrogen) atoms. The second kappa shape index (κ2) is 5.90. The van der Waals surface area contributed by atoms with E-state index in [0.29, 0.717) is 24.9 Å². The summed E-state index contributed by atoms with van der Waals surface area (Å²) in [5, 5.41) is 12.5. The van der Waals surface area contributed by atoms with Gasteiger partial charge >= 0.3 is 5.97 Å². The van der Waals surface area contributed by atoms with Crippen molar-refractivity contribution in [1.82, 2.24) is 5.10 Å². The molecule has 0 saturated carbocycles. The fourth-order valence-corrected chi connectivity index (χ4v) is 1.26. The number of aliphatic carboxylic acids is 1. The highest BCUT2D eigenvalue weighted by Gasteiger charge is 2.12. The lowest BCUT2D eigenvalue weighted by Crippen LogP contribution is -2.39. The van der Waals surface area contributed by atoms with E-state index in [-0.39, 0.29) is 0 Å². The fraction of sp³-hybridized carbons (Fsp3) is 0.400. The minimum Gasteiger partial charge on any atom is -0.480 e. The molecule has 0 aliphatic carbocycles. The van der Waals surface area contributed by atoms with Gasteiger partial charge in [-0.2, -0.15) is 0 Å². The number of nitrogens with zero attached hydrogens (tertiary/aromatic N) is 2. The summed E-state index contributed by atoms with van der Waals surface area (Å²) < 4.78 is 1.60. The Kier molecular flexibility index (Phi) is 4.53. The monoisotopic (exact) mass is 239 g/mol. The van der Waals surface area contributed by atoms with Crippen LogP contribution in [0.25, 0.3) is 0 Å². The molecule has 1 aromatic heterocycles. The van der Waals surface area contributed by atoms with E-state index in [1.54, 1.807) is 16.9 Å². The Morgan fingerprint density at radius 1 is 1.53 bits per heavy atom. The molecule has 0 saturated heterocycles. The second-order valence-electron chi connectivity index (χ2n) is 3.63. The molecule has 0 aliphatic rings. The summed E-state index contributed by atoms with van der Waals surface area (Å²) in [6.45, 7) is 0.542. The zero-order valence-corrected chi connectivity index (χ0v) is 9.24. The van der Waals surface area contributed by atoms with E-state index in [1.165, 1.54) is 6.20 Å². The van der Waals surface area contributed by atoms with Gasteiger partial charge in [0.15, 0.2) is 12.7 Å². The summed E-state index contributed by atoms with van der Waals surface area (Å²) in [5.74, 6) is -1.54. The molecule has 0 aromatic carbocycles. The summed E-state index contributed by atoms with van der Waals surface area (Å²) in [4.78, 5) is 21.2. The van der Waals surface area contributed by atoms with Crippen LogP contribution in [-0.4, -0.2) is 28.1 Å². The van der Waals surface area contributed by atoms with Crippen LogP contribution in [0.4, 0.5) is 0 Å². The number of nitrogens with two attached hydrogens (primary N) is 2. The van der Waals surface area contributed by atoms with Gasteiger partial charge in [-0.05, 0) is 11.5 Å². The van der Waals surface area contributed by atoms with E-state index >= 15 is 0 Å². The minimum atomic E-state index is -1.01. The first-order chi connectivity index (χ1) is 8.00. The van der Waals surface area contributed by atoms with Crippen LogP contribution in [0, 0.1) is 0 Å². The molecule has 5 N–H and O–H groups in total. The first kappa shape index (κ1) is 13.0. The number of carbonyl (C=O) groups excluding carboxylic acids is 1. The van der Waals surface area contributed by atoms with Gasteiger partial charge in [0, 0.05) is 12.5 Å². The van der Waals surface area contributed by atoms with Crippen molar-refractivity contribution < 1.29 is 19.4 Å². The zero-order chi connectivity index (χ0) is 12.8. The number of carboxylic acids is 1. The predicted octanol–water partition coefficient (Wildman–Crippen LogP) is -1.34. The van der Waals surface area contributed by atoms with Gasteiger partial charge in [-0.25, -0.2) is 0 Å². The number of hydrogen-bond donors (Lipinski definition) is 3. The number of carboxylic acid groups (broad SMARTS) is 1. The summed E-state index contributed by atoms with van der Waals surface area (Å²) in [6, 6.07) is 0.715. The number of aryl methyl sites for hydroxylation is 1. The smallest absolute Gasteiger partial charge is 0.320 e. The topological polar surface area (TPSA) is 123 Å². The molecule has 1 rings (SSSR count). The molecule has 1 amide bonds. The molecule has 0 spiro atoms.